The van der Waals surface area contributed by atoms with E-state index < -0.39 is 11.0 Å². The standard InChI is InChI=1S/C29H32N2O3/c1-3-17-31-18-16-28-26-21-10-7-11-23(26)34-27(28)22(14-15-29(28,33)24(31)19-21)30(2)25(32)13-12-20-8-5-4-6-9-20/h3-13,22,24,27,33H,1,14-19H2,2H3/t22-,24+,27-,28-,29+/m0/s1. The van der Waals surface area contributed by atoms with Crippen molar-refractivity contribution in [3.8, 4) is 5.75 Å². The fourth-order valence-corrected chi connectivity index (χ4v) is 7.37. The van der Waals surface area contributed by atoms with Crippen LogP contribution in [0.1, 0.15) is 36.0 Å². The first-order chi connectivity index (χ1) is 16.5. The van der Waals surface area contributed by atoms with Gasteiger partial charge in [-0.25, -0.2) is 0 Å². The highest BCUT2D eigenvalue weighted by Crippen LogP contribution is 2.64. The van der Waals surface area contributed by atoms with Crippen LogP contribution in [0.25, 0.3) is 6.08 Å². The highest BCUT2D eigenvalue weighted by Gasteiger charge is 2.72. The lowest BCUT2D eigenvalue weighted by Gasteiger charge is -2.64. The predicted molar refractivity (Wildman–Crippen MR) is 133 cm³/mol. The van der Waals surface area contributed by atoms with Crippen molar-refractivity contribution in [3.05, 3.63) is 84.0 Å². The number of ether oxygens (including phenoxy) is 1. The molecule has 1 amide bonds. The number of carbonyl (C=O) groups is 1. The lowest BCUT2D eigenvalue weighted by Crippen LogP contribution is -2.78. The summed E-state index contributed by atoms with van der Waals surface area (Å²) in [6.45, 7) is 5.62. The second-order valence-electron chi connectivity index (χ2n) is 10.3. The molecule has 2 aliphatic carbocycles. The van der Waals surface area contributed by atoms with Crippen molar-refractivity contribution in [2.75, 3.05) is 20.1 Å². The van der Waals surface area contributed by atoms with E-state index in [4.69, 9.17) is 4.74 Å². The highest BCUT2D eigenvalue weighted by atomic mass is 16.5. The molecule has 176 valence electrons. The molecule has 1 spiro atoms. The molecule has 1 saturated heterocycles. The molecule has 2 heterocycles. The summed E-state index contributed by atoms with van der Waals surface area (Å²) < 4.78 is 6.67. The summed E-state index contributed by atoms with van der Waals surface area (Å²) in [7, 11) is 1.88. The largest absolute Gasteiger partial charge is 0.487 e. The van der Waals surface area contributed by atoms with Gasteiger partial charge in [0.25, 0.3) is 0 Å². The summed E-state index contributed by atoms with van der Waals surface area (Å²) in [4.78, 5) is 17.5. The first kappa shape index (κ1) is 21.6. The molecule has 5 heteroatoms. The van der Waals surface area contributed by atoms with E-state index in [2.05, 4.69) is 23.6 Å². The van der Waals surface area contributed by atoms with Crippen molar-refractivity contribution < 1.29 is 14.6 Å². The fourth-order valence-electron chi connectivity index (χ4n) is 7.37. The molecule has 5 nitrogen and oxygen atoms in total. The number of amides is 1. The molecule has 34 heavy (non-hydrogen) atoms. The molecule has 1 N–H and O–H groups in total. The third-order valence-electron chi connectivity index (χ3n) is 8.87. The molecule has 2 aliphatic heterocycles. The topological polar surface area (TPSA) is 53.0 Å². The third-order valence-corrected chi connectivity index (χ3v) is 8.87. The third kappa shape index (κ3) is 2.83. The molecular formula is C29H32N2O3. The smallest absolute Gasteiger partial charge is 0.246 e. The molecule has 0 unspecified atom stereocenters. The van der Waals surface area contributed by atoms with Gasteiger partial charge in [-0.05, 0) is 55.5 Å². The second kappa shape index (κ2) is 7.82. The van der Waals surface area contributed by atoms with E-state index in [-0.39, 0.29) is 24.1 Å². The number of likely N-dealkylation sites (N-methyl/N-ethyl adjacent to an activating group) is 1. The Morgan fingerprint density at radius 3 is 2.85 bits per heavy atom. The number of piperidine rings is 1. The van der Waals surface area contributed by atoms with Gasteiger partial charge < -0.3 is 14.7 Å². The zero-order valence-corrected chi connectivity index (χ0v) is 19.7. The summed E-state index contributed by atoms with van der Waals surface area (Å²) >= 11 is 0. The van der Waals surface area contributed by atoms with E-state index in [1.54, 1.807) is 6.08 Å². The first-order valence-electron chi connectivity index (χ1n) is 12.4. The molecule has 2 fully saturated rings. The molecule has 4 aliphatic rings. The van der Waals surface area contributed by atoms with Gasteiger partial charge in [-0.2, -0.15) is 0 Å². The lowest BCUT2D eigenvalue weighted by molar-refractivity contribution is -0.198. The minimum absolute atomic E-state index is 0.0335. The van der Waals surface area contributed by atoms with Crippen LogP contribution in [0.3, 0.4) is 0 Å². The van der Waals surface area contributed by atoms with E-state index in [1.165, 1.54) is 11.1 Å². The Kier molecular flexibility index (Phi) is 4.98. The van der Waals surface area contributed by atoms with E-state index in [9.17, 15) is 9.90 Å². The molecule has 2 bridgehead atoms. The number of hydrogen-bond acceptors (Lipinski definition) is 4. The molecule has 2 aromatic carbocycles. The second-order valence-corrected chi connectivity index (χ2v) is 10.3. The quantitative estimate of drug-likeness (QED) is 0.552. The number of carbonyl (C=O) groups excluding carboxylic acids is 1. The minimum atomic E-state index is -0.876. The highest BCUT2D eigenvalue weighted by molar-refractivity contribution is 5.92. The van der Waals surface area contributed by atoms with Crippen molar-refractivity contribution in [2.45, 2.75) is 54.9 Å². The maximum atomic E-state index is 13.2. The van der Waals surface area contributed by atoms with Gasteiger partial charge in [-0.15, -0.1) is 6.58 Å². The lowest BCUT2D eigenvalue weighted by atomic mass is 9.48. The number of likely N-dealkylation sites (tertiary alicyclic amines) is 1. The van der Waals surface area contributed by atoms with Crippen molar-refractivity contribution >= 4 is 12.0 Å². The summed E-state index contributed by atoms with van der Waals surface area (Å²) in [5, 5.41) is 12.4. The van der Waals surface area contributed by atoms with Gasteiger partial charge >= 0.3 is 0 Å². The van der Waals surface area contributed by atoms with Crippen LogP contribution in [0.4, 0.5) is 0 Å². The Bertz CT molecular complexity index is 1160. The Hall–Kier alpha value is -2.89. The Labute approximate surface area is 201 Å². The number of benzene rings is 2. The van der Waals surface area contributed by atoms with Crippen LogP contribution in [0.2, 0.25) is 0 Å². The van der Waals surface area contributed by atoms with Crippen molar-refractivity contribution in [1.29, 1.82) is 0 Å². The van der Waals surface area contributed by atoms with Crippen molar-refractivity contribution in [1.82, 2.24) is 9.80 Å². The number of hydrogen-bond donors (Lipinski definition) is 1. The van der Waals surface area contributed by atoms with E-state index in [0.717, 1.165) is 37.2 Å². The van der Waals surface area contributed by atoms with Gasteiger partial charge in [-0.1, -0.05) is 48.5 Å². The maximum Gasteiger partial charge on any atom is 0.246 e. The number of rotatable bonds is 5. The van der Waals surface area contributed by atoms with Crippen LogP contribution in [-0.4, -0.2) is 64.7 Å². The van der Waals surface area contributed by atoms with Gasteiger partial charge in [0, 0.05) is 31.3 Å². The Morgan fingerprint density at radius 2 is 2.06 bits per heavy atom. The summed E-state index contributed by atoms with van der Waals surface area (Å²) in [6, 6.07) is 16.1. The monoisotopic (exact) mass is 456 g/mol. The number of aliphatic hydroxyl groups is 1. The van der Waals surface area contributed by atoms with E-state index in [1.807, 2.05) is 60.5 Å². The minimum Gasteiger partial charge on any atom is -0.487 e. The van der Waals surface area contributed by atoms with Gasteiger partial charge in [0.15, 0.2) is 0 Å². The zero-order chi connectivity index (χ0) is 23.5. The zero-order valence-electron chi connectivity index (χ0n) is 19.7. The van der Waals surface area contributed by atoms with Crippen LogP contribution >= 0.6 is 0 Å². The SMILES string of the molecule is C=CCN1CC[C@]23c4c5cccc4O[C@H]2[C@@H](N(C)C(=O)C=Cc2ccccc2)CC[C@@]3(O)[C@H]1C5. The molecule has 0 aromatic heterocycles. The molecule has 0 radical (unpaired) electrons. The van der Waals surface area contributed by atoms with E-state index >= 15 is 0 Å². The van der Waals surface area contributed by atoms with Crippen molar-refractivity contribution in [3.63, 3.8) is 0 Å². The van der Waals surface area contributed by atoms with E-state index in [0.29, 0.717) is 12.8 Å². The maximum absolute atomic E-state index is 13.2. The van der Waals surface area contributed by atoms with Gasteiger partial charge in [0.05, 0.1) is 17.1 Å². The van der Waals surface area contributed by atoms with Crippen LogP contribution in [0.15, 0.2) is 67.3 Å². The van der Waals surface area contributed by atoms with Gasteiger partial charge in [0.1, 0.15) is 11.9 Å². The summed E-state index contributed by atoms with van der Waals surface area (Å²) in [6.07, 6.45) is 8.21. The first-order valence-corrected chi connectivity index (χ1v) is 12.4. The van der Waals surface area contributed by atoms with Crippen molar-refractivity contribution in [2.24, 2.45) is 0 Å². The summed E-state index contributed by atoms with van der Waals surface area (Å²) in [5.41, 5.74) is 2.11. The summed E-state index contributed by atoms with van der Waals surface area (Å²) in [5.74, 6) is 0.857. The normalized spacial score (nSPS) is 33.3. The molecule has 6 rings (SSSR count). The van der Waals surface area contributed by atoms with Gasteiger partial charge in [-0.3, -0.25) is 9.69 Å². The predicted octanol–water partition coefficient (Wildman–Crippen LogP) is 3.57. The average molecular weight is 457 g/mol. The van der Waals surface area contributed by atoms with Gasteiger partial charge in [0.2, 0.25) is 5.91 Å². The number of nitrogens with zero attached hydrogens (tertiary/aromatic N) is 2. The van der Waals surface area contributed by atoms with Crippen LogP contribution in [0, 0.1) is 0 Å². The average Bonchev–Trinajstić information content (AvgIpc) is 3.19. The molecule has 1 saturated carbocycles. The van der Waals surface area contributed by atoms with Crippen LogP contribution in [-0.2, 0) is 16.6 Å². The Balaban J connectivity index is 1.37. The van der Waals surface area contributed by atoms with Crippen LogP contribution < -0.4 is 4.74 Å². The molecular weight excluding hydrogens is 424 g/mol. The molecule has 2 aromatic rings. The fraction of sp³-hybridized carbons (Fsp3) is 0.414. The Morgan fingerprint density at radius 1 is 1.24 bits per heavy atom. The molecule has 5 atom stereocenters. The van der Waals surface area contributed by atoms with Crippen LogP contribution in [0.5, 0.6) is 5.75 Å².